The van der Waals surface area contributed by atoms with Gasteiger partial charge >= 0.3 is 0 Å². The van der Waals surface area contributed by atoms with Crippen molar-refractivity contribution < 1.29 is 9.13 Å². The number of ether oxygens (including phenoxy) is 1. The van der Waals surface area contributed by atoms with Gasteiger partial charge in [0.25, 0.3) is 0 Å². The molecule has 1 N–H and O–H groups in total. The van der Waals surface area contributed by atoms with E-state index in [1.54, 1.807) is 36.3 Å². The highest BCUT2D eigenvalue weighted by molar-refractivity contribution is 5.80. The van der Waals surface area contributed by atoms with Crippen LogP contribution in [0.25, 0.3) is 5.82 Å². The monoisotopic (exact) mass is 408 g/mol. The molecule has 0 radical (unpaired) electrons. The van der Waals surface area contributed by atoms with E-state index in [-0.39, 0.29) is 18.0 Å². The molecule has 8 heteroatoms. The lowest BCUT2D eigenvalue weighted by molar-refractivity contribution is -0.0605. The average molecular weight is 408 g/mol. The number of halogens is 1. The van der Waals surface area contributed by atoms with E-state index in [0.29, 0.717) is 13.1 Å². The number of pyridine rings is 1. The summed E-state index contributed by atoms with van der Waals surface area (Å²) < 4.78 is 21.1. The summed E-state index contributed by atoms with van der Waals surface area (Å²) >= 11 is 0. The Kier molecular flexibility index (Phi) is 6.04. The van der Waals surface area contributed by atoms with Crippen LogP contribution in [0.2, 0.25) is 0 Å². The second-order valence-electron chi connectivity index (χ2n) is 7.27. The van der Waals surface area contributed by atoms with Crippen LogP contribution in [0.15, 0.2) is 66.0 Å². The maximum absolute atomic E-state index is 13.3. The topological polar surface area (TPSA) is 67.6 Å². The van der Waals surface area contributed by atoms with Gasteiger partial charge in [-0.05, 0) is 48.4 Å². The van der Waals surface area contributed by atoms with Gasteiger partial charge in [0.15, 0.2) is 11.8 Å². The highest BCUT2D eigenvalue weighted by Gasteiger charge is 2.28. The first-order valence-electron chi connectivity index (χ1n) is 9.94. The fourth-order valence-corrected chi connectivity index (χ4v) is 3.60. The van der Waals surface area contributed by atoms with Crippen LogP contribution in [0.5, 0.6) is 0 Å². The largest absolute Gasteiger partial charge is 0.367 e. The van der Waals surface area contributed by atoms with Crippen molar-refractivity contribution >= 4 is 5.96 Å². The van der Waals surface area contributed by atoms with Gasteiger partial charge in [0.05, 0.1) is 12.6 Å². The molecule has 30 heavy (non-hydrogen) atoms. The SMILES string of the molecule is CN=C(NCc1ccnc(-n2cccn2)c1)N1CC(C)OC(c2ccc(F)cc2)C1. The fraction of sp³-hybridized carbons (Fsp3) is 0.318. The van der Waals surface area contributed by atoms with Crippen molar-refractivity contribution in [3.05, 3.63) is 78.0 Å². The standard InChI is InChI=1S/C22H25FN6O/c1-16-14-28(15-20(30-16)18-4-6-19(23)7-5-18)22(24-2)26-13-17-8-10-25-21(12-17)29-11-3-9-27-29/h3-12,16,20H,13-15H2,1-2H3,(H,24,26). The van der Waals surface area contributed by atoms with E-state index in [4.69, 9.17) is 4.74 Å². The van der Waals surface area contributed by atoms with Crippen molar-refractivity contribution in [2.24, 2.45) is 4.99 Å². The van der Waals surface area contributed by atoms with Crippen LogP contribution in [0.3, 0.4) is 0 Å². The summed E-state index contributed by atoms with van der Waals surface area (Å²) in [5.41, 5.74) is 2.04. The minimum atomic E-state index is -0.247. The van der Waals surface area contributed by atoms with Crippen molar-refractivity contribution in [1.29, 1.82) is 0 Å². The first-order chi connectivity index (χ1) is 14.6. The molecule has 7 nitrogen and oxygen atoms in total. The molecule has 0 aliphatic carbocycles. The summed E-state index contributed by atoms with van der Waals surface area (Å²) in [6, 6.07) is 12.3. The molecule has 0 amide bonds. The van der Waals surface area contributed by atoms with Crippen LogP contribution in [0.4, 0.5) is 4.39 Å². The van der Waals surface area contributed by atoms with Crippen LogP contribution in [0.1, 0.15) is 24.2 Å². The lowest BCUT2D eigenvalue weighted by Crippen LogP contribution is -2.50. The summed E-state index contributed by atoms with van der Waals surface area (Å²) in [6.45, 7) is 4.02. The van der Waals surface area contributed by atoms with E-state index in [9.17, 15) is 4.39 Å². The van der Waals surface area contributed by atoms with Gasteiger partial charge in [-0.25, -0.2) is 14.1 Å². The zero-order chi connectivity index (χ0) is 20.9. The quantitative estimate of drug-likeness (QED) is 0.531. The van der Waals surface area contributed by atoms with Crippen LogP contribution in [-0.2, 0) is 11.3 Å². The molecule has 2 unspecified atom stereocenters. The van der Waals surface area contributed by atoms with Crippen LogP contribution < -0.4 is 5.32 Å². The molecule has 4 rings (SSSR count). The van der Waals surface area contributed by atoms with Gasteiger partial charge in [-0.2, -0.15) is 5.10 Å². The summed E-state index contributed by atoms with van der Waals surface area (Å²) in [5.74, 6) is 1.32. The first kappa shape index (κ1) is 20.0. The van der Waals surface area contributed by atoms with Gasteiger partial charge in [0.1, 0.15) is 11.9 Å². The molecule has 1 aromatic carbocycles. The van der Waals surface area contributed by atoms with Gasteiger partial charge < -0.3 is 15.0 Å². The number of rotatable bonds is 4. The van der Waals surface area contributed by atoms with E-state index in [2.05, 4.69) is 25.3 Å². The van der Waals surface area contributed by atoms with Gasteiger partial charge in [0, 0.05) is 38.7 Å². The fourth-order valence-electron chi connectivity index (χ4n) is 3.60. The van der Waals surface area contributed by atoms with Crippen molar-refractivity contribution in [3.8, 4) is 5.82 Å². The van der Waals surface area contributed by atoms with Gasteiger partial charge in [-0.1, -0.05) is 12.1 Å². The smallest absolute Gasteiger partial charge is 0.194 e. The van der Waals surface area contributed by atoms with Crippen molar-refractivity contribution in [3.63, 3.8) is 0 Å². The lowest BCUT2D eigenvalue weighted by atomic mass is 10.1. The number of aliphatic imine (C=N–C) groups is 1. The Morgan fingerprint density at radius 1 is 1.23 bits per heavy atom. The third-order valence-electron chi connectivity index (χ3n) is 5.01. The van der Waals surface area contributed by atoms with Gasteiger partial charge in [0.2, 0.25) is 0 Å². The number of guanidine groups is 1. The Balaban J connectivity index is 1.43. The summed E-state index contributed by atoms with van der Waals surface area (Å²) in [6.07, 6.45) is 5.26. The van der Waals surface area contributed by atoms with Crippen LogP contribution in [0, 0.1) is 5.82 Å². The number of hydrogen-bond acceptors (Lipinski definition) is 4. The molecule has 0 saturated carbocycles. The summed E-state index contributed by atoms with van der Waals surface area (Å²) in [7, 11) is 1.77. The highest BCUT2D eigenvalue weighted by Crippen LogP contribution is 2.25. The van der Waals surface area contributed by atoms with Crippen molar-refractivity contribution in [2.75, 3.05) is 20.1 Å². The first-order valence-corrected chi connectivity index (χ1v) is 9.94. The molecule has 3 aromatic rings. The third kappa shape index (κ3) is 4.65. The average Bonchev–Trinajstić information content (AvgIpc) is 3.30. The maximum atomic E-state index is 13.3. The molecular weight excluding hydrogens is 383 g/mol. The molecule has 3 heterocycles. The normalized spacial score (nSPS) is 19.7. The maximum Gasteiger partial charge on any atom is 0.194 e. The second kappa shape index (κ2) is 9.04. The number of hydrogen-bond donors (Lipinski definition) is 1. The predicted molar refractivity (Wildman–Crippen MR) is 113 cm³/mol. The Morgan fingerprint density at radius 3 is 2.80 bits per heavy atom. The number of nitrogens with one attached hydrogen (secondary N) is 1. The predicted octanol–water partition coefficient (Wildman–Crippen LogP) is 2.94. The molecule has 0 spiro atoms. The van der Waals surface area contributed by atoms with Crippen molar-refractivity contribution in [1.82, 2.24) is 25.0 Å². The number of benzene rings is 1. The molecule has 2 atom stereocenters. The van der Waals surface area contributed by atoms with Crippen molar-refractivity contribution in [2.45, 2.75) is 25.7 Å². The Labute approximate surface area is 175 Å². The Hall–Kier alpha value is -3.26. The number of morpholine rings is 1. The zero-order valence-corrected chi connectivity index (χ0v) is 17.1. The molecule has 1 aliphatic rings. The van der Waals surface area contributed by atoms with Gasteiger partial charge in [-0.15, -0.1) is 0 Å². The van der Waals surface area contributed by atoms with E-state index < -0.39 is 0 Å². The second-order valence-corrected chi connectivity index (χ2v) is 7.27. The zero-order valence-electron chi connectivity index (χ0n) is 17.1. The van der Waals surface area contributed by atoms with Crippen LogP contribution in [-0.4, -0.2) is 51.9 Å². The van der Waals surface area contributed by atoms with Crippen LogP contribution >= 0.6 is 0 Å². The van der Waals surface area contributed by atoms with E-state index in [0.717, 1.165) is 29.4 Å². The van der Waals surface area contributed by atoms with E-state index in [1.165, 1.54) is 12.1 Å². The van der Waals surface area contributed by atoms with Gasteiger partial charge in [-0.3, -0.25) is 4.99 Å². The Morgan fingerprint density at radius 2 is 2.07 bits per heavy atom. The van der Waals surface area contributed by atoms with E-state index >= 15 is 0 Å². The third-order valence-corrected chi connectivity index (χ3v) is 5.01. The molecule has 0 bridgehead atoms. The molecule has 2 aromatic heterocycles. The lowest BCUT2D eigenvalue weighted by Gasteiger charge is -2.38. The molecular formula is C22H25FN6O. The highest BCUT2D eigenvalue weighted by atomic mass is 19.1. The van der Waals surface area contributed by atoms with E-state index in [1.807, 2.05) is 31.3 Å². The summed E-state index contributed by atoms with van der Waals surface area (Å²) in [5, 5.41) is 7.66. The molecule has 1 fully saturated rings. The number of aromatic nitrogens is 3. The number of nitrogens with zero attached hydrogens (tertiary/aromatic N) is 5. The molecule has 156 valence electrons. The minimum Gasteiger partial charge on any atom is -0.367 e. The minimum absolute atomic E-state index is 0.0275. The Bertz CT molecular complexity index is 989. The summed E-state index contributed by atoms with van der Waals surface area (Å²) in [4.78, 5) is 11.0. The molecule has 1 aliphatic heterocycles. The molecule has 1 saturated heterocycles.